The Kier molecular flexibility index (Phi) is 4.22. The van der Waals surface area contributed by atoms with E-state index in [4.69, 9.17) is 4.74 Å². The lowest BCUT2D eigenvalue weighted by Crippen LogP contribution is -2.34. The fourth-order valence-electron chi connectivity index (χ4n) is 4.57. The molecule has 2 amide bonds. The summed E-state index contributed by atoms with van der Waals surface area (Å²) < 4.78 is 5.76. The maximum atomic E-state index is 13.0. The van der Waals surface area contributed by atoms with Crippen molar-refractivity contribution in [2.75, 3.05) is 4.90 Å². The van der Waals surface area contributed by atoms with Crippen LogP contribution in [0.5, 0.6) is 0 Å². The number of nitro groups is 1. The van der Waals surface area contributed by atoms with Gasteiger partial charge in [-0.1, -0.05) is 29.5 Å². The van der Waals surface area contributed by atoms with Crippen LogP contribution in [0, 0.1) is 28.9 Å². The van der Waals surface area contributed by atoms with Gasteiger partial charge in [0.25, 0.3) is 5.69 Å². The number of rotatable bonds is 4. The number of benzene rings is 2. The van der Waals surface area contributed by atoms with Gasteiger partial charge in [-0.15, -0.1) is 0 Å². The van der Waals surface area contributed by atoms with Gasteiger partial charge in [0.1, 0.15) is 0 Å². The quantitative estimate of drug-likeness (QED) is 0.434. The second-order valence-corrected chi connectivity index (χ2v) is 8.86. The predicted molar refractivity (Wildman–Crippen MR) is 106 cm³/mol. The van der Waals surface area contributed by atoms with Crippen LogP contribution in [0.3, 0.4) is 0 Å². The van der Waals surface area contributed by atoms with E-state index in [0.717, 1.165) is 28.2 Å². The maximum Gasteiger partial charge on any atom is 0.272 e. The number of nitrogens with zero attached hydrogens (tertiary/aromatic N) is 2. The smallest absolute Gasteiger partial charge is 0.272 e. The van der Waals surface area contributed by atoms with Crippen molar-refractivity contribution in [1.82, 2.24) is 0 Å². The van der Waals surface area contributed by atoms with Crippen molar-refractivity contribution < 1.29 is 19.2 Å². The summed E-state index contributed by atoms with van der Waals surface area (Å²) in [7, 11) is 0. The van der Waals surface area contributed by atoms with Gasteiger partial charge >= 0.3 is 0 Å². The molecule has 2 aromatic rings. The molecule has 7 nitrogen and oxygen atoms in total. The molecule has 5 rings (SSSR count). The van der Waals surface area contributed by atoms with Gasteiger partial charge in [-0.2, -0.15) is 0 Å². The lowest BCUT2D eigenvalue weighted by Gasteiger charge is -2.18. The normalized spacial score (nSPS) is 27.6. The third-order valence-corrected chi connectivity index (χ3v) is 6.87. The lowest BCUT2D eigenvalue weighted by atomic mass is 9.81. The third-order valence-electron chi connectivity index (χ3n) is 5.89. The number of imide groups is 1. The molecule has 0 spiro atoms. The number of amides is 2. The molecule has 0 aromatic heterocycles. The molecule has 3 saturated heterocycles. The summed E-state index contributed by atoms with van der Waals surface area (Å²) in [5.74, 6) is -1.54. The second kappa shape index (κ2) is 6.67. The Bertz CT molecular complexity index is 1010. The SMILES string of the molecule is Cc1ccc(Sc2cc(N3C(=O)[C@H]4[C@H](C3=O)[C@H]3CC[C@H]4O3)cc([N+](=O)[O-])c2)cc1. The van der Waals surface area contributed by atoms with E-state index >= 15 is 0 Å². The number of hydrogen-bond donors (Lipinski definition) is 0. The molecule has 0 aliphatic carbocycles. The van der Waals surface area contributed by atoms with Gasteiger partial charge in [0.05, 0.1) is 34.7 Å². The molecule has 0 unspecified atom stereocenters. The first kappa shape index (κ1) is 18.3. The Balaban J connectivity index is 1.52. The number of nitro benzene ring substituents is 1. The number of non-ortho nitro benzene ring substituents is 1. The number of carbonyl (C=O) groups excluding carboxylic acids is 2. The first-order valence-corrected chi connectivity index (χ1v) is 10.3. The fourth-order valence-corrected chi connectivity index (χ4v) is 5.47. The van der Waals surface area contributed by atoms with Crippen LogP contribution in [-0.2, 0) is 14.3 Å². The molecule has 29 heavy (non-hydrogen) atoms. The molecular weight excluding hydrogens is 392 g/mol. The summed E-state index contributed by atoms with van der Waals surface area (Å²) in [6.45, 7) is 1.98. The molecule has 2 aromatic carbocycles. The number of carbonyl (C=O) groups is 2. The average molecular weight is 410 g/mol. The fraction of sp³-hybridized carbons (Fsp3) is 0.333. The van der Waals surface area contributed by atoms with Gasteiger partial charge in [-0.3, -0.25) is 19.7 Å². The van der Waals surface area contributed by atoms with Crippen molar-refractivity contribution in [3.8, 4) is 0 Å². The number of aryl methyl sites for hydroxylation is 1. The van der Waals surface area contributed by atoms with E-state index in [1.165, 1.54) is 23.9 Å². The van der Waals surface area contributed by atoms with Crippen molar-refractivity contribution >= 4 is 35.0 Å². The Labute approximate surface area is 171 Å². The van der Waals surface area contributed by atoms with Gasteiger partial charge in [-0.25, -0.2) is 4.90 Å². The van der Waals surface area contributed by atoms with E-state index in [1.807, 2.05) is 31.2 Å². The lowest BCUT2D eigenvalue weighted by molar-refractivity contribution is -0.385. The monoisotopic (exact) mass is 410 g/mol. The van der Waals surface area contributed by atoms with Crippen molar-refractivity contribution in [1.29, 1.82) is 0 Å². The molecule has 3 aliphatic heterocycles. The molecule has 0 saturated carbocycles. The van der Waals surface area contributed by atoms with E-state index in [9.17, 15) is 19.7 Å². The second-order valence-electron chi connectivity index (χ2n) is 7.71. The number of fused-ring (bicyclic) bond motifs is 5. The molecule has 3 heterocycles. The summed E-state index contributed by atoms with van der Waals surface area (Å²) in [5, 5.41) is 11.5. The molecule has 0 N–H and O–H groups in total. The minimum Gasteiger partial charge on any atom is -0.373 e. The Morgan fingerprint density at radius 3 is 2.21 bits per heavy atom. The van der Waals surface area contributed by atoms with Gasteiger partial charge in [0.2, 0.25) is 11.8 Å². The van der Waals surface area contributed by atoms with Gasteiger partial charge < -0.3 is 4.74 Å². The highest BCUT2D eigenvalue weighted by Gasteiger charge is 2.62. The first-order chi connectivity index (χ1) is 13.9. The number of anilines is 1. The number of hydrogen-bond acceptors (Lipinski definition) is 6. The molecule has 2 bridgehead atoms. The highest BCUT2D eigenvalue weighted by atomic mass is 32.2. The summed E-state index contributed by atoms with van der Waals surface area (Å²) >= 11 is 1.36. The van der Waals surface area contributed by atoms with Crippen molar-refractivity contribution in [2.24, 2.45) is 11.8 Å². The molecule has 3 aliphatic rings. The van der Waals surface area contributed by atoms with Crippen LogP contribution in [0.2, 0.25) is 0 Å². The summed E-state index contributed by atoms with van der Waals surface area (Å²) in [4.78, 5) is 39.7. The van der Waals surface area contributed by atoms with Crippen LogP contribution in [0.15, 0.2) is 52.3 Å². The van der Waals surface area contributed by atoms with E-state index in [-0.39, 0.29) is 35.4 Å². The van der Waals surface area contributed by atoms with Crippen LogP contribution in [0.1, 0.15) is 18.4 Å². The molecule has 148 valence electrons. The van der Waals surface area contributed by atoms with Crippen molar-refractivity contribution in [2.45, 2.75) is 41.8 Å². The average Bonchev–Trinajstić information content (AvgIpc) is 3.37. The van der Waals surface area contributed by atoms with Crippen LogP contribution < -0.4 is 4.90 Å². The summed E-state index contributed by atoms with van der Waals surface area (Å²) in [5.41, 5.74) is 1.23. The molecule has 3 fully saturated rings. The van der Waals surface area contributed by atoms with Gasteiger partial charge in [0, 0.05) is 21.9 Å². The zero-order valence-electron chi connectivity index (χ0n) is 15.6. The predicted octanol–water partition coefficient (Wildman–Crippen LogP) is 3.72. The van der Waals surface area contributed by atoms with Crippen LogP contribution in [0.25, 0.3) is 0 Å². The Morgan fingerprint density at radius 2 is 1.62 bits per heavy atom. The van der Waals surface area contributed by atoms with Crippen LogP contribution >= 0.6 is 11.8 Å². The van der Waals surface area contributed by atoms with Crippen molar-refractivity contribution in [3.63, 3.8) is 0 Å². The van der Waals surface area contributed by atoms with Crippen LogP contribution in [0.4, 0.5) is 11.4 Å². The minimum absolute atomic E-state index is 0.144. The summed E-state index contributed by atoms with van der Waals surface area (Å²) in [6, 6.07) is 12.2. The highest BCUT2D eigenvalue weighted by molar-refractivity contribution is 7.99. The van der Waals surface area contributed by atoms with Gasteiger partial charge in [0.15, 0.2) is 0 Å². The van der Waals surface area contributed by atoms with Crippen LogP contribution in [-0.4, -0.2) is 28.9 Å². The third kappa shape index (κ3) is 2.94. The van der Waals surface area contributed by atoms with E-state index in [0.29, 0.717) is 4.90 Å². The Hall–Kier alpha value is -2.71. The van der Waals surface area contributed by atoms with E-state index < -0.39 is 16.8 Å². The first-order valence-electron chi connectivity index (χ1n) is 9.49. The van der Waals surface area contributed by atoms with E-state index in [2.05, 4.69) is 0 Å². The zero-order chi connectivity index (χ0) is 20.3. The minimum atomic E-state index is -0.499. The van der Waals surface area contributed by atoms with Crippen molar-refractivity contribution in [3.05, 3.63) is 58.1 Å². The standard InChI is InChI=1S/C21H18N2O5S/c1-11-2-4-14(5-3-11)29-15-9-12(8-13(10-15)23(26)27)22-20(24)18-16-6-7-17(28-16)19(18)21(22)25/h2-5,8-10,16-19H,6-7H2,1H3/t16-,17-,18-,19-/m1/s1. The number of ether oxygens (including phenoxy) is 1. The molecular formula is C21H18N2O5S. The molecule has 4 atom stereocenters. The molecule has 0 radical (unpaired) electrons. The summed E-state index contributed by atoms with van der Waals surface area (Å²) in [6.07, 6.45) is 1.13. The Morgan fingerprint density at radius 1 is 1.00 bits per heavy atom. The highest BCUT2D eigenvalue weighted by Crippen LogP contribution is 2.50. The zero-order valence-corrected chi connectivity index (χ0v) is 16.4. The topological polar surface area (TPSA) is 89.8 Å². The maximum absolute atomic E-state index is 13.0. The largest absolute Gasteiger partial charge is 0.373 e. The molecule has 8 heteroatoms. The van der Waals surface area contributed by atoms with E-state index in [1.54, 1.807) is 6.07 Å². The van der Waals surface area contributed by atoms with Gasteiger partial charge in [-0.05, 0) is 38.0 Å².